The van der Waals surface area contributed by atoms with E-state index in [1.807, 2.05) is 0 Å². The second-order valence-electron chi connectivity index (χ2n) is 6.44. The van der Waals surface area contributed by atoms with Gasteiger partial charge in [0.15, 0.2) is 5.36 Å². The highest BCUT2D eigenvalue weighted by Gasteiger charge is 2.28. The number of hydrogen-bond acceptors (Lipinski definition) is 7. The zero-order valence-electron chi connectivity index (χ0n) is 15.1. The summed E-state index contributed by atoms with van der Waals surface area (Å²) >= 11 is 6.13. The van der Waals surface area contributed by atoms with Crippen LogP contribution in [0.15, 0.2) is 62.1 Å². The molecule has 4 rings (SSSR count). The van der Waals surface area contributed by atoms with E-state index in [0.29, 0.717) is 24.0 Å². The number of anilines is 1. The summed E-state index contributed by atoms with van der Waals surface area (Å²) in [7, 11) is -3.82. The molecule has 29 heavy (non-hydrogen) atoms. The third-order valence-electron chi connectivity index (χ3n) is 4.66. The number of morpholine rings is 1. The molecule has 0 saturated carbocycles. The molecule has 1 fully saturated rings. The number of benzene rings is 2. The molecule has 150 valence electrons. The van der Waals surface area contributed by atoms with Gasteiger partial charge in [-0.1, -0.05) is 35.9 Å². The van der Waals surface area contributed by atoms with Crippen LogP contribution in [0.2, 0.25) is 5.02 Å². The van der Waals surface area contributed by atoms with E-state index in [9.17, 15) is 18.0 Å². The zero-order chi connectivity index (χ0) is 20.6. The first kappa shape index (κ1) is 19.7. The molecule has 1 heterocycles. The molecule has 3 aromatic rings. The molecule has 3 aromatic carbocycles. The number of fused-ring (bicyclic) bond motifs is 1. The van der Waals surface area contributed by atoms with Crippen LogP contribution in [0.1, 0.15) is 0 Å². The fraction of sp³-hybridized carbons (Fsp3) is 0.211. The molecule has 1 saturated heterocycles. The first-order chi connectivity index (χ1) is 13.9. The number of nitrogens with one attached hydrogen (secondary N) is 1. The third-order valence-corrected chi connectivity index (χ3v) is 7.04. The Morgan fingerprint density at radius 3 is 2.24 bits per heavy atom. The Morgan fingerprint density at radius 2 is 1.62 bits per heavy atom. The number of nitrogens with zero attached hydrogens (tertiary/aromatic N) is 2. The van der Waals surface area contributed by atoms with Crippen molar-refractivity contribution in [2.45, 2.75) is 4.90 Å². The summed E-state index contributed by atoms with van der Waals surface area (Å²) in [6.07, 6.45) is 0. The Morgan fingerprint density at radius 1 is 1.00 bits per heavy atom. The lowest BCUT2D eigenvalue weighted by Gasteiger charge is -2.26. The summed E-state index contributed by atoms with van der Waals surface area (Å²) in [6.45, 7) is 1.10. The van der Waals surface area contributed by atoms with Crippen LogP contribution in [0, 0.1) is 0 Å². The zero-order valence-corrected chi connectivity index (χ0v) is 16.7. The molecule has 1 aliphatic heterocycles. The topological polar surface area (TPSA) is 105 Å². The second-order valence-corrected chi connectivity index (χ2v) is 8.75. The fourth-order valence-corrected chi connectivity index (χ4v) is 5.06. The van der Waals surface area contributed by atoms with E-state index in [1.54, 1.807) is 24.3 Å². The first-order valence-electron chi connectivity index (χ1n) is 8.79. The van der Waals surface area contributed by atoms with Gasteiger partial charge in [-0.25, -0.2) is 8.42 Å². The van der Waals surface area contributed by atoms with Crippen molar-refractivity contribution >= 4 is 38.1 Å². The molecule has 1 aliphatic rings. The largest absolute Gasteiger partial charge is 0.379 e. The van der Waals surface area contributed by atoms with Crippen LogP contribution in [0.25, 0.3) is 10.8 Å². The van der Waals surface area contributed by atoms with E-state index in [-0.39, 0.29) is 34.1 Å². The average molecular weight is 434 g/mol. The van der Waals surface area contributed by atoms with Crippen molar-refractivity contribution in [3.63, 3.8) is 0 Å². The summed E-state index contributed by atoms with van der Waals surface area (Å²) in [5, 5.41) is 4.34. The van der Waals surface area contributed by atoms with Gasteiger partial charge in [-0.2, -0.15) is 9.41 Å². The minimum atomic E-state index is -3.82. The molecule has 0 radical (unpaired) electrons. The summed E-state index contributed by atoms with van der Waals surface area (Å²) in [6, 6.07) is 10.7. The molecule has 8 nitrogen and oxygen atoms in total. The van der Waals surface area contributed by atoms with Crippen LogP contribution in [-0.2, 0) is 14.8 Å². The monoisotopic (exact) mass is 433 g/mol. The van der Waals surface area contributed by atoms with Crippen LogP contribution >= 0.6 is 11.6 Å². The van der Waals surface area contributed by atoms with Gasteiger partial charge >= 0.3 is 0 Å². The van der Waals surface area contributed by atoms with E-state index in [4.69, 9.17) is 16.3 Å². The Hall–Kier alpha value is -2.59. The average Bonchev–Trinajstić information content (AvgIpc) is 2.98. The summed E-state index contributed by atoms with van der Waals surface area (Å²) in [5.41, 5.74) is 1.93. The van der Waals surface area contributed by atoms with Gasteiger partial charge in [0.1, 0.15) is 4.90 Å². The minimum absolute atomic E-state index is 0.0649. The third kappa shape index (κ3) is 3.58. The van der Waals surface area contributed by atoms with Crippen molar-refractivity contribution in [3.05, 3.63) is 73.3 Å². The highest BCUT2D eigenvalue weighted by Crippen LogP contribution is 2.28. The highest BCUT2D eigenvalue weighted by molar-refractivity contribution is 7.89. The molecule has 0 spiro atoms. The molecule has 10 heteroatoms. The van der Waals surface area contributed by atoms with Crippen molar-refractivity contribution < 1.29 is 13.2 Å². The molecule has 0 amide bonds. The number of hydrogen-bond donors (Lipinski definition) is 1. The first-order valence-corrected chi connectivity index (χ1v) is 10.6. The van der Waals surface area contributed by atoms with Crippen LogP contribution in [0.3, 0.4) is 0 Å². The molecule has 0 atom stereocenters. The van der Waals surface area contributed by atoms with E-state index in [0.717, 1.165) is 0 Å². The molecule has 0 unspecified atom stereocenters. The lowest BCUT2D eigenvalue weighted by molar-refractivity contribution is 0.0730. The number of rotatable bonds is 4. The lowest BCUT2D eigenvalue weighted by atomic mass is 10.2. The second kappa shape index (κ2) is 7.68. The number of halogens is 1. The number of ether oxygens (including phenoxy) is 1. The van der Waals surface area contributed by atoms with Crippen molar-refractivity contribution in [2.24, 2.45) is 5.10 Å². The van der Waals surface area contributed by atoms with Gasteiger partial charge in [0.05, 0.1) is 23.9 Å². The van der Waals surface area contributed by atoms with Crippen molar-refractivity contribution in [2.75, 3.05) is 31.7 Å². The summed E-state index contributed by atoms with van der Waals surface area (Å²) < 4.78 is 32.3. The molecule has 0 bridgehead atoms. The Kier molecular flexibility index (Phi) is 5.22. The van der Waals surface area contributed by atoms with Gasteiger partial charge in [0, 0.05) is 23.9 Å². The van der Waals surface area contributed by atoms with Crippen molar-refractivity contribution in [3.8, 4) is 0 Å². The van der Waals surface area contributed by atoms with Crippen LogP contribution in [0.4, 0.5) is 5.69 Å². The van der Waals surface area contributed by atoms with Crippen molar-refractivity contribution in [1.82, 2.24) is 4.31 Å². The maximum Gasteiger partial charge on any atom is 0.244 e. The maximum absolute atomic E-state index is 12.9. The predicted molar refractivity (Wildman–Crippen MR) is 109 cm³/mol. The maximum atomic E-state index is 12.9. The normalized spacial score (nSPS) is 15.5. The van der Waals surface area contributed by atoms with Gasteiger partial charge in [-0.15, -0.1) is 0 Å². The van der Waals surface area contributed by atoms with Gasteiger partial charge in [-0.3, -0.25) is 15.0 Å². The van der Waals surface area contributed by atoms with Crippen LogP contribution in [0.5, 0.6) is 0 Å². The SMILES string of the molecule is O=c1c(=NNc2ccc(Cl)c(S(=O)(=O)N3CCOCC3)c2)c(=O)c2ccccc12. The van der Waals surface area contributed by atoms with E-state index in [1.165, 1.54) is 22.5 Å². The summed E-state index contributed by atoms with van der Waals surface area (Å²) in [5.74, 6) is 0. The Balaban J connectivity index is 1.71. The number of sulfonamides is 1. The smallest absolute Gasteiger partial charge is 0.244 e. The van der Waals surface area contributed by atoms with E-state index >= 15 is 0 Å². The van der Waals surface area contributed by atoms with E-state index in [2.05, 4.69) is 10.5 Å². The minimum Gasteiger partial charge on any atom is -0.379 e. The Bertz CT molecular complexity index is 1290. The predicted octanol–water partition coefficient (Wildman–Crippen LogP) is 1.04. The molecule has 0 aromatic heterocycles. The standard InChI is InChI=1S/C19H16ClN3O5S/c20-15-6-5-12(11-16(15)29(26,27)23-7-9-28-10-8-23)21-22-17-18(24)13-3-1-2-4-14(13)19(17)25/h1-6,11,21H,7-10H2. The molecular weight excluding hydrogens is 418 g/mol. The quantitative estimate of drug-likeness (QED) is 0.616. The van der Waals surface area contributed by atoms with E-state index < -0.39 is 20.9 Å². The molecule has 1 N–H and O–H groups in total. The summed E-state index contributed by atoms with van der Waals surface area (Å²) in [4.78, 5) is 24.7. The van der Waals surface area contributed by atoms with Gasteiger partial charge in [-0.05, 0) is 18.2 Å². The van der Waals surface area contributed by atoms with Crippen molar-refractivity contribution in [1.29, 1.82) is 0 Å². The fourth-order valence-electron chi connectivity index (χ4n) is 3.16. The molecule has 0 aliphatic carbocycles. The van der Waals surface area contributed by atoms with Crippen LogP contribution in [-0.4, -0.2) is 39.0 Å². The Labute approximate surface area is 170 Å². The van der Waals surface area contributed by atoms with Crippen LogP contribution < -0.4 is 21.6 Å². The van der Waals surface area contributed by atoms with Gasteiger partial charge < -0.3 is 4.74 Å². The highest BCUT2D eigenvalue weighted by atomic mass is 35.5. The van der Waals surface area contributed by atoms with Gasteiger partial charge in [0.2, 0.25) is 20.9 Å². The molecular formula is C19H16ClN3O5S. The van der Waals surface area contributed by atoms with Gasteiger partial charge in [0.25, 0.3) is 0 Å². The lowest BCUT2D eigenvalue weighted by Crippen LogP contribution is -2.40.